The monoisotopic (exact) mass is 516 g/mol. The number of nitrogens with one attached hydrogen (secondary N) is 2. The zero-order chi connectivity index (χ0) is 27.6. The van der Waals surface area contributed by atoms with E-state index in [9.17, 15) is 19.6 Å². The van der Waals surface area contributed by atoms with Gasteiger partial charge in [0.25, 0.3) is 5.91 Å². The van der Waals surface area contributed by atoms with E-state index in [1.54, 1.807) is 22.9 Å². The molecule has 1 aliphatic rings. The van der Waals surface area contributed by atoms with Crippen molar-refractivity contribution in [1.82, 2.24) is 20.4 Å². The van der Waals surface area contributed by atoms with Gasteiger partial charge in [-0.05, 0) is 36.5 Å². The fourth-order valence-corrected chi connectivity index (χ4v) is 4.65. The Morgan fingerprint density at radius 2 is 1.92 bits per heavy atom. The third-order valence-electron chi connectivity index (χ3n) is 6.90. The van der Waals surface area contributed by atoms with Gasteiger partial charge < -0.3 is 21.1 Å². The molecule has 4 N–H and O–H groups in total. The summed E-state index contributed by atoms with van der Waals surface area (Å²) in [5, 5.41) is 20.3. The molecule has 0 aliphatic heterocycles. The summed E-state index contributed by atoms with van der Waals surface area (Å²) in [6, 6.07) is 13.7. The van der Waals surface area contributed by atoms with E-state index in [2.05, 4.69) is 21.8 Å². The van der Waals surface area contributed by atoms with Crippen molar-refractivity contribution in [3.63, 3.8) is 0 Å². The number of aromatic nitrogens is 2. The molecule has 1 atom stereocenters. The highest BCUT2D eigenvalue weighted by Crippen LogP contribution is 2.29. The zero-order valence-electron chi connectivity index (χ0n) is 21.9. The minimum Gasteiger partial charge on any atom is -0.496 e. The molecule has 1 heterocycles. The van der Waals surface area contributed by atoms with Gasteiger partial charge in [-0.1, -0.05) is 45.0 Å². The summed E-state index contributed by atoms with van der Waals surface area (Å²) in [7, 11) is 1.54. The van der Waals surface area contributed by atoms with E-state index >= 15 is 0 Å². The van der Waals surface area contributed by atoms with E-state index in [0.29, 0.717) is 36.1 Å². The number of primary amides is 1. The lowest BCUT2D eigenvalue weighted by atomic mass is 9.79. The van der Waals surface area contributed by atoms with Gasteiger partial charge in [-0.25, -0.2) is 0 Å². The average Bonchev–Trinajstić information content (AvgIpc) is 3.22. The van der Waals surface area contributed by atoms with Crippen LogP contribution in [0.1, 0.15) is 55.2 Å². The lowest BCUT2D eigenvalue weighted by Gasteiger charge is -2.37. The van der Waals surface area contributed by atoms with Crippen LogP contribution in [-0.2, 0) is 16.1 Å². The van der Waals surface area contributed by atoms with E-state index in [0.717, 1.165) is 11.1 Å². The molecule has 0 saturated heterocycles. The van der Waals surface area contributed by atoms with Crippen LogP contribution < -0.4 is 21.1 Å². The first-order valence-corrected chi connectivity index (χ1v) is 12.4. The maximum Gasteiger partial charge on any atom is 0.273 e. The molecule has 1 saturated carbocycles. The van der Waals surface area contributed by atoms with E-state index in [1.165, 1.54) is 7.11 Å². The molecule has 0 radical (unpaired) electrons. The Hall–Kier alpha value is -4.39. The molecule has 1 aromatic heterocycles. The summed E-state index contributed by atoms with van der Waals surface area (Å²) in [4.78, 5) is 38.0. The van der Waals surface area contributed by atoms with Gasteiger partial charge in [0.1, 0.15) is 11.8 Å². The number of hydrogen-bond donors (Lipinski definition) is 3. The summed E-state index contributed by atoms with van der Waals surface area (Å²) >= 11 is 0. The standard InChI is InChI=1S/C28H32N6O4/c1-28(2,3)24(27(37)31-19-12-18(13-19)25(30)35)32-26(36)23-20-7-5-6-8-21(20)34(33-23)15-17-10-9-16(14-29)11-22(17)38-4/h5-11,18-19,24H,12-13,15H2,1-4H3,(H2,30,35)(H,31,37)(H,32,36). The highest BCUT2D eigenvalue weighted by molar-refractivity contribution is 6.06. The van der Waals surface area contributed by atoms with Crippen molar-refractivity contribution in [1.29, 1.82) is 5.26 Å². The van der Waals surface area contributed by atoms with Crippen molar-refractivity contribution >= 4 is 28.6 Å². The maximum atomic E-state index is 13.5. The summed E-state index contributed by atoms with van der Waals surface area (Å²) < 4.78 is 7.17. The molecule has 3 aromatic rings. The minimum atomic E-state index is -0.829. The lowest BCUT2D eigenvalue weighted by Crippen LogP contribution is -2.58. The molecular formula is C28H32N6O4. The summed E-state index contributed by atoms with van der Waals surface area (Å²) in [5.74, 6) is -0.825. The Bertz CT molecular complexity index is 1430. The number of benzene rings is 2. The van der Waals surface area contributed by atoms with Crippen LogP contribution in [0.4, 0.5) is 0 Å². The summed E-state index contributed by atoms with van der Waals surface area (Å²) in [6.07, 6.45) is 0.999. The lowest BCUT2D eigenvalue weighted by molar-refractivity contribution is -0.130. The Balaban J connectivity index is 1.58. The number of nitrogens with zero attached hydrogens (tertiary/aromatic N) is 3. The van der Waals surface area contributed by atoms with Crippen molar-refractivity contribution in [2.45, 2.75) is 52.2 Å². The third kappa shape index (κ3) is 5.47. The fraction of sp³-hybridized carbons (Fsp3) is 0.393. The Labute approximate surface area is 221 Å². The molecule has 0 bridgehead atoms. The number of carbonyl (C=O) groups is 3. The molecule has 4 rings (SSSR count). The number of rotatable bonds is 8. The van der Waals surface area contributed by atoms with Crippen LogP contribution >= 0.6 is 0 Å². The van der Waals surface area contributed by atoms with Gasteiger partial charge in [-0.3, -0.25) is 19.1 Å². The number of amides is 3. The van der Waals surface area contributed by atoms with Crippen LogP contribution in [0.3, 0.4) is 0 Å². The molecule has 38 heavy (non-hydrogen) atoms. The largest absolute Gasteiger partial charge is 0.496 e. The number of ether oxygens (including phenoxy) is 1. The minimum absolute atomic E-state index is 0.149. The Morgan fingerprint density at radius 3 is 2.55 bits per heavy atom. The smallest absolute Gasteiger partial charge is 0.273 e. The van der Waals surface area contributed by atoms with Crippen molar-refractivity contribution < 1.29 is 19.1 Å². The second-order valence-corrected chi connectivity index (χ2v) is 10.7. The molecule has 10 heteroatoms. The second kappa shape index (κ2) is 10.5. The molecule has 3 amide bonds. The van der Waals surface area contributed by atoms with E-state index < -0.39 is 17.4 Å². The van der Waals surface area contributed by atoms with Crippen LogP contribution in [0.2, 0.25) is 0 Å². The number of nitrogens with two attached hydrogens (primary N) is 1. The van der Waals surface area contributed by atoms with Gasteiger partial charge in [0, 0.05) is 22.9 Å². The highest BCUT2D eigenvalue weighted by Gasteiger charge is 2.39. The van der Waals surface area contributed by atoms with Crippen LogP contribution in [0.25, 0.3) is 10.9 Å². The number of methoxy groups -OCH3 is 1. The molecule has 1 unspecified atom stereocenters. The Morgan fingerprint density at radius 1 is 1.21 bits per heavy atom. The molecule has 10 nitrogen and oxygen atoms in total. The Kier molecular flexibility index (Phi) is 7.39. The SMILES string of the molecule is COc1cc(C#N)ccc1Cn1nc(C(=O)NC(C(=O)NC2CC(C(N)=O)C2)C(C)(C)C)c2ccccc21. The summed E-state index contributed by atoms with van der Waals surface area (Å²) in [5.41, 5.74) is 6.98. The second-order valence-electron chi connectivity index (χ2n) is 10.7. The van der Waals surface area contributed by atoms with Crippen molar-refractivity contribution in [3.05, 3.63) is 59.3 Å². The number of fused-ring (bicyclic) bond motifs is 1. The van der Waals surface area contributed by atoms with Gasteiger partial charge in [0.05, 0.1) is 30.8 Å². The van der Waals surface area contributed by atoms with Gasteiger partial charge in [-0.2, -0.15) is 10.4 Å². The van der Waals surface area contributed by atoms with E-state index in [-0.39, 0.29) is 29.5 Å². The van der Waals surface area contributed by atoms with Crippen LogP contribution in [0, 0.1) is 22.7 Å². The third-order valence-corrected chi connectivity index (χ3v) is 6.90. The topological polar surface area (TPSA) is 152 Å². The fourth-order valence-electron chi connectivity index (χ4n) is 4.65. The van der Waals surface area contributed by atoms with Gasteiger partial charge in [-0.15, -0.1) is 0 Å². The van der Waals surface area contributed by atoms with Crippen LogP contribution in [-0.4, -0.2) is 46.7 Å². The van der Waals surface area contributed by atoms with E-state index in [4.69, 9.17) is 10.5 Å². The van der Waals surface area contributed by atoms with Crippen molar-refractivity contribution in [3.8, 4) is 11.8 Å². The predicted molar refractivity (Wildman–Crippen MR) is 141 cm³/mol. The predicted octanol–water partition coefficient (Wildman–Crippen LogP) is 2.49. The molecule has 0 spiro atoms. The van der Waals surface area contributed by atoms with Crippen LogP contribution in [0.5, 0.6) is 5.75 Å². The normalized spacial score (nSPS) is 17.7. The van der Waals surface area contributed by atoms with E-state index in [1.807, 2.05) is 45.0 Å². The summed E-state index contributed by atoms with van der Waals surface area (Å²) in [6.45, 7) is 5.93. The maximum absolute atomic E-state index is 13.5. The van der Waals surface area contributed by atoms with Crippen LogP contribution in [0.15, 0.2) is 42.5 Å². The quantitative estimate of drug-likeness (QED) is 0.418. The average molecular weight is 517 g/mol. The molecular weight excluding hydrogens is 484 g/mol. The first kappa shape index (κ1) is 26.7. The van der Waals surface area contributed by atoms with Gasteiger partial charge in [0.15, 0.2) is 5.69 Å². The zero-order valence-corrected chi connectivity index (χ0v) is 21.9. The number of hydrogen-bond acceptors (Lipinski definition) is 6. The van der Waals surface area contributed by atoms with Gasteiger partial charge in [0.2, 0.25) is 11.8 Å². The van der Waals surface area contributed by atoms with Crippen molar-refractivity contribution in [2.24, 2.45) is 17.1 Å². The number of nitriles is 1. The van der Waals surface area contributed by atoms with Crippen molar-refractivity contribution in [2.75, 3.05) is 7.11 Å². The van der Waals surface area contributed by atoms with Gasteiger partial charge >= 0.3 is 0 Å². The molecule has 1 fully saturated rings. The highest BCUT2D eigenvalue weighted by atomic mass is 16.5. The number of carbonyl (C=O) groups excluding carboxylic acids is 3. The first-order chi connectivity index (χ1) is 18.0. The first-order valence-electron chi connectivity index (χ1n) is 12.4. The molecule has 198 valence electrons. The molecule has 1 aliphatic carbocycles. The molecule has 2 aromatic carbocycles. The number of para-hydroxylation sites is 1.